The molecule has 0 bridgehead atoms. The summed E-state index contributed by atoms with van der Waals surface area (Å²) >= 11 is 6.32. The minimum Gasteiger partial charge on any atom is -0.463 e. The smallest absolute Gasteiger partial charge is 0.285 e. The monoisotopic (exact) mass is 301 g/mol. The van der Waals surface area contributed by atoms with E-state index >= 15 is 0 Å². The summed E-state index contributed by atoms with van der Waals surface area (Å²) in [6.07, 6.45) is 2.47. The maximum absolute atomic E-state index is 6.32. The molecule has 5 heteroatoms. The van der Waals surface area contributed by atoms with Crippen molar-refractivity contribution in [2.75, 3.05) is 13.2 Å². The van der Waals surface area contributed by atoms with E-state index in [9.17, 15) is 0 Å². The molecule has 2 aromatic rings. The Balaban J connectivity index is 1.91. The largest absolute Gasteiger partial charge is 0.463 e. The van der Waals surface area contributed by atoms with Crippen molar-refractivity contribution in [2.24, 2.45) is 4.99 Å². The van der Waals surface area contributed by atoms with Crippen molar-refractivity contribution in [3.63, 3.8) is 0 Å². The van der Waals surface area contributed by atoms with E-state index in [-0.39, 0.29) is 6.04 Å². The Bertz CT molecular complexity index is 622. The molecule has 1 saturated heterocycles. The predicted molar refractivity (Wildman–Crippen MR) is 83.5 cm³/mol. The molecular weight excluding hydrogens is 286 g/mol. The number of hydrogen-bond donors (Lipinski definition) is 1. The van der Waals surface area contributed by atoms with Crippen molar-refractivity contribution in [1.29, 1.82) is 0 Å². The lowest BCUT2D eigenvalue weighted by Crippen LogP contribution is -2.17. The summed E-state index contributed by atoms with van der Waals surface area (Å²) in [4.78, 5) is 9.04. The van der Waals surface area contributed by atoms with E-state index in [4.69, 9.17) is 16.3 Å². The van der Waals surface area contributed by atoms with E-state index in [2.05, 4.69) is 15.3 Å². The first-order chi connectivity index (χ1) is 10.3. The number of amidine groups is 1. The molecule has 108 valence electrons. The average Bonchev–Trinajstić information content (AvgIpc) is 3.01. The Morgan fingerprint density at radius 2 is 2.10 bits per heavy atom. The summed E-state index contributed by atoms with van der Waals surface area (Å²) < 4.78 is 5.46. The summed E-state index contributed by atoms with van der Waals surface area (Å²) in [5.74, 6) is 0. The first-order valence-corrected chi connectivity index (χ1v) is 7.29. The number of halogens is 1. The molecule has 1 aliphatic heterocycles. The van der Waals surface area contributed by atoms with Gasteiger partial charge in [-0.05, 0) is 23.8 Å². The highest BCUT2D eigenvalue weighted by Gasteiger charge is 2.18. The van der Waals surface area contributed by atoms with Gasteiger partial charge in [0.05, 0.1) is 12.6 Å². The molecule has 0 saturated carbocycles. The molecule has 4 nitrogen and oxygen atoms in total. The van der Waals surface area contributed by atoms with Crippen LogP contribution in [0.2, 0.25) is 5.02 Å². The summed E-state index contributed by atoms with van der Waals surface area (Å²) in [5.41, 5.74) is 1.96. The van der Waals surface area contributed by atoms with Gasteiger partial charge in [0.25, 0.3) is 6.02 Å². The predicted octanol–water partition coefficient (Wildman–Crippen LogP) is 2.99. The van der Waals surface area contributed by atoms with Crippen LogP contribution in [-0.2, 0) is 11.2 Å². The zero-order valence-corrected chi connectivity index (χ0v) is 12.3. The van der Waals surface area contributed by atoms with Crippen LogP contribution in [0.5, 0.6) is 0 Å². The van der Waals surface area contributed by atoms with Crippen molar-refractivity contribution in [2.45, 2.75) is 12.5 Å². The van der Waals surface area contributed by atoms with E-state index in [1.165, 1.54) is 0 Å². The minimum atomic E-state index is -0.116. The first kappa shape index (κ1) is 13.9. The zero-order chi connectivity index (χ0) is 14.5. The molecule has 1 aromatic heterocycles. The Morgan fingerprint density at radius 1 is 1.24 bits per heavy atom. The topological polar surface area (TPSA) is 46.5 Å². The van der Waals surface area contributed by atoms with Crippen LogP contribution in [0.3, 0.4) is 0 Å². The van der Waals surface area contributed by atoms with Crippen LogP contribution in [0.15, 0.2) is 53.7 Å². The fraction of sp³-hybridized carbons (Fsp3) is 0.250. The van der Waals surface area contributed by atoms with Gasteiger partial charge >= 0.3 is 0 Å². The highest BCUT2D eigenvalue weighted by Crippen LogP contribution is 2.28. The van der Waals surface area contributed by atoms with Gasteiger partial charge in [-0.15, -0.1) is 0 Å². The van der Waals surface area contributed by atoms with Crippen LogP contribution >= 0.6 is 11.6 Å². The van der Waals surface area contributed by atoms with Crippen molar-refractivity contribution in [3.05, 3.63) is 64.9 Å². The lowest BCUT2D eigenvalue weighted by molar-refractivity contribution is 0.348. The molecule has 21 heavy (non-hydrogen) atoms. The van der Waals surface area contributed by atoms with Crippen LogP contribution < -0.4 is 5.32 Å². The minimum absolute atomic E-state index is 0.116. The summed E-state index contributed by atoms with van der Waals surface area (Å²) in [6.45, 7) is 1.44. The van der Waals surface area contributed by atoms with Gasteiger partial charge in [-0.3, -0.25) is 4.98 Å². The molecule has 1 unspecified atom stereocenters. The molecule has 0 aliphatic carbocycles. The number of ether oxygens (including phenoxy) is 1. The average molecular weight is 302 g/mol. The van der Waals surface area contributed by atoms with E-state index in [0.29, 0.717) is 24.1 Å². The number of benzene rings is 1. The highest BCUT2D eigenvalue weighted by atomic mass is 35.5. The van der Waals surface area contributed by atoms with Crippen molar-refractivity contribution in [1.82, 2.24) is 10.3 Å². The van der Waals surface area contributed by atoms with Gasteiger partial charge in [0.2, 0.25) is 0 Å². The molecule has 1 atom stereocenters. The van der Waals surface area contributed by atoms with Gasteiger partial charge in [0.15, 0.2) is 0 Å². The Hall–Kier alpha value is -2.07. The molecule has 1 aliphatic rings. The standard InChI is InChI=1S/C16H16ClN3O/c17-14-7-2-1-6-13(14)15(20-16-19-9-10-21-16)11-12-5-3-4-8-18-12/h1-8,15H,9-11H2,(H,19,20). The summed E-state index contributed by atoms with van der Waals surface area (Å²) in [5, 5.41) is 3.84. The lowest BCUT2D eigenvalue weighted by atomic mass is 10.0. The molecule has 3 rings (SSSR count). The van der Waals surface area contributed by atoms with Crippen LogP contribution in [0.4, 0.5) is 0 Å². The van der Waals surface area contributed by atoms with E-state index < -0.39 is 0 Å². The molecular formula is C16H16ClN3O. The van der Waals surface area contributed by atoms with Crippen LogP contribution in [0.25, 0.3) is 0 Å². The number of aliphatic imine (C=N–C) groups is 1. The van der Waals surface area contributed by atoms with Crippen LogP contribution in [0, 0.1) is 0 Å². The van der Waals surface area contributed by atoms with E-state index in [1.807, 2.05) is 42.5 Å². The number of hydrogen-bond acceptors (Lipinski definition) is 3. The third kappa shape index (κ3) is 3.52. The van der Waals surface area contributed by atoms with Gasteiger partial charge in [-0.1, -0.05) is 35.9 Å². The Morgan fingerprint density at radius 3 is 2.81 bits per heavy atom. The molecule has 1 N–H and O–H groups in total. The third-order valence-corrected chi connectivity index (χ3v) is 3.63. The summed E-state index contributed by atoms with van der Waals surface area (Å²) in [7, 11) is 0. The maximum atomic E-state index is 6.32. The van der Waals surface area contributed by atoms with E-state index in [1.54, 1.807) is 6.20 Å². The van der Waals surface area contributed by atoms with Crippen molar-refractivity contribution < 1.29 is 4.74 Å². The van der Waals surface area contributed by atoms with Gasteiger partial charge in [-0.25, -0.2) is 4.99 Å². The Labute approximate surface area is 128 Å². The fourth-order valence-corrected chi connectivity index (χ4v) is 2.53. The second kappa shape index (κ2) is 6.59. The lowest BCUT2D eigenvalue weighted by Gasteiger charge is -2.15. The molecule has 2 heterocycles. The second-order valence-corrected chi connectivity index (χ2v) is 5.18. The Kier molecular flexibility index (Phi) is 4.36. The van der Waals surface area contributed by atoms with Gasteiger partial charge in [0, 0.05) is 23.3 Å². The van der Waals surface area contributed by atoms with Crippen molar-refractivity contribution >= 4 is 17.6 Å². The zero-order valence-electron chi connectivity index (χ0n) is 11.5. The number of rotatable bonds is 4. The maximum Gasteiger partial charge on any atom is 0.285 e. The SMILES string of the molecule is Clc1ccccc1C(Cc1ccccn1)/N=C1/NCCO1. The van der Waals surface area contributed by atoms with Gasteiger partial charge < -0.3 is 10.1 Å². The highest BCUT2D eigenvalue weighted by molar-refractivity contribution is 6.31. The third-order valence-electron chi connectivity index (χ3n) is 3.28. The second-order valence-electron chi connectivity index (χ2n) is 4.77. The molecule has 0 amide bonds. The van der Waals surface area contributed by atoms with Crippen LogP contribution in [0.1, 0.15) is 17.3 Å². The molecule has 1 fully saturated rings. The van der Waals surface area contributed by atoms with Gasteiger partial charge in [0.1, 0.15) is 6.61 Å². The van der Waals surface area contributed by atoms with Crippen LogP contribution in [-0.4, -0.2) is 24.2 Å². The molecule has 1 aromatic carbocycles. The molecule has 0 radical (unpaired) electrons. The summed E-state index contributed by atoms with van der Waals surface area (Å²) in [6, 6.07) is 14.1. The fourth-order valence-electron chi connectivity index (χ4n) is 2.27. The number of aromatic nitrogens is 1. The number of pyridine rings is 1. The van der Waals surface area contributed by atoms with Crippen molar-refractivity contribution in [3.8, 4) is 0 Å². The normalized spacial score (nSPS) is 17.3. The number of nitrogens with one attached hydrogen (secondary N) is 1. The van der Waals surface area contributed by atoms with E-state index in [0.717, 1.165) is 17.8 Å². The quantitative estimate of drug-likeness (QED) is 0.944. The van der Waals surface area contributed by atoms with Gasteiger partial charge in [-0.2, -0.15) is 0 Å². The number of nitrogens with zero attached hydrogens (tertiary/aromatic N) is 2. The molecule has 0 spiro atoms. The first-order valence-electron chi connectivity index (χ1n) is 6.92.